The second kappa shape index (κ2) is 9.59. The Hall–Kier alpha value is -4.64. The van der Waals surface area contributed by atoms with Gasteiger partial charge in [-0.05, 0) is 68.0 Å². The van der Waals surface area contributed by atoms with Gasteiger partial charge in [0.25, 0.3) is 5.69 Å². The summed E-state index contributed by atoms with van der Waals surface area (Å²) in [4.78, 5) is 17.7. The highest BCUT2D eigenvalue weighted by molar-refractivity contribution is 7.80. The summed E-state index contributed by atoms with van der Waals surface area (Å²) in [6.45, 7) is 4.20. The van der Waals surface area contributed by atoms with E-state index in [0.29, 0.717) is 28.0 Å². The highest BCUT2D eigenvalue weighted by Crippen LogP contribution is 2.46. The number of fused-ring (bicyclic) bond motifs is 1. The number of rotatable bonds is 6. The number of anilines is 1. The van der Waals surface area contributed by atoms with Gasteiger partial charge < -0.3 is 29.0 Å². The van der Waals surface area contributed by atoms with Gasteiger partial charge in [-0.2, -0.15) is 0 Å². The number of methoxy groups -OCH3 is 1. The molecule has 1 fully saturated rings. The van der Waals surface area contributed by atoms with E-state index in [0.717, 1.165) is 28.3 Å². The number of nitrogens with zero attached hydrogens (tertiary/aromatic N) is 4. The Labute approximate surface area is 229 Å². The molecule has 0 saturated carbocycles. The summed E-state index contributed by atoms with van der Waals surface area (Å²) in [6, 6.07) is 17.9. The van der Waals surface area contributed by atoms with E-state index in [1.165, 1.54) is 19.2 Å². The topological polar surface area (TPSA) is 104 Å². The SMILES string of the molecule is COc1cc([N+](=O)[O-])ccc1-n1c(C)cc([C@H]2[C@@H](c3ccccn3)NC(=S)N2c2ccc3c(c2)OCO3)c1C. The van der Waals surface area contributed by atoms with E-state index in [-0.39, 0.29) is 24.6 Å². The van der Waals surface area contributed by atoms with Gasteiger partial charge in [0.1, 0.15) is 5.75 Å². The highest BCUT2D eigenvalue weighted by Gasteiger charge is 2.42. The van der Waals surface area contributed by atoms with Crippen LogP contribution in [-0.4, -0.2) is 33.5 Å². The smallest absolute Gasteiger partial charge is 0.273 e. The molecule has 6 rings (SSSR count). The lowest BCUT2D eigenvalue weighted by Crippen LogP contribution is -2.29. The molecule has 198 valence electrons. The first-order valence-corrected chi connectivity index (χ1v) is 12.7. The van der Waals surface area contributed by atoms with E-state index < -0.39 is 4.92 Å². The Bertz CT molecular complexity index is 1610. The average Bonchev–Trinajstić information content (AvgIpc) is 3.63. The number of nitrogens with one attached hydrogen (secondary N) is 1. The quantitative estimate of drug-likeness (QED) is 0.197. The lowest BCUT2D eigenvalue weighted by atomic mass is 9.96. The first-order valence-electron chi connectivity index (χ1n) is 12.3. The average molecular weight is 544 g/mol. The molecule has 1 N–H and O–H groups in total. The van der Waals surface area contributed by atoms with E-state index in [9.17, 15) is 10.1 Å². The van der Waals surface area contributed by atoms with Crippen LogP contribution in [0.3, 0.4) is 0 Å². The minimum atomic E-state index is -0.432. The number of nitro groups is 1. The number of hydrogen-bond donors (Lipinski definition) is 1. The number of thiocarbonyl (C=S) groups is 1. The molecule has 0 radical (unpaired) electrons. The first-order chi connectivity index (χ1) is 18.9. The van der Waals surface area contributed by atoms with Crippen LogP contribution in [0.2, 0.25) is 0 Å². The summed E-state index contributed by atoms with van der Waals surface area (Å²) in [5.41, 5.74) is 5.30. The van der Waals surface area contributed by atoms with Gasteiger partial charge in [-0.25, -0.2) is 0 Å². The molecular weight excluding hydrogens is 518 g/mol. The molecule has 2 aromatic carbocycles. The van der Waals surface area contributed by atoms with Crippen molar-refractivity contribution in [2.45, 2.75) is 25.9 Å². The third-order valence-electron chi connectivity index (χ3n) is 7.14. The lowest BCUT2D eigenvalue weighted by Gasteiger charge is -2.28. The molecule has 4 aromatic rings. The van der Waals surface area contributed by atoms with Crippen molar-refractivity contribution in [3.63, 3.8) is 0 Å². The van der Waals surface area contributed by atoms with Crippen LogP contribution in [0.15, 0.2) is 66.9 Å². The number of aryl methyl sites for hydroxylation is 1. The molecule has 0 aliphatic carbocycles. The van der Waals surface area contributed by atoms with E-state index in [2.05, 4.69) is 21.3 Å². The maximum atomic E-state index is 11.4. The number of benzene rings is 2. The van der Waals surface area contributed by atoms with E-state index in [1.807, 2.05) is 54.8 Å². The van der Waals surface area contributed by atoms with Crippen LogP contribution in [-0.2, 0) is 0 Å². The van der Waals surface area contributed by atoms with Crippen molar-refractivity contribution < 1.29 is 19.1 Å². The van der Waals surface area contributed by atoms with Gasteiger partial charge in [0.2, 0.25) is 6.79 Å². The number of nitro benzene ring substituents is 1. The molecule has 10 nitrogen and oxygen atoms in total. The molecule has 2 atom stereocenters. The van der Waals surface area contributed by atoms with Gasteiger partial charge >= 0.3 is 0 Å². The Morgan fingerprint density at radius 3 is 2.67 bits per heavy atom. The first kappa shape index (κ1) is 24.7. The fourth-order valence-corrected chi connectivity index (χ4v) is 5.75. The largest absolute Gasteiger partial charge is 0.494 e. The fraction of sp³-hybridized carbons (Fsp3) is 0.214. The standard InChI is InChI=1S/C28H25N5O5S/c1-16-12-20(17(2)31(16)22-9-7-19(33(34)35)14-24(22)36-3)27-26(21-6-4-5-11-29-21)30-28(39)32(27)18-8-10-23-25(13-18)38-15-37-23/h4-14,26-27H,15H2,1-3H3,(H,30,39)/t26-,27+/m1/s1. The highest BCUT2D eigenvalue weighted by atomic mass is 32.1. The number of hydrogen-bond acceptors (Lipinski definition) is 7. The third kappa shape index (κ3) is 4.11. The number of pyridine rings is 1. The second-order valence-corrected chi connectivity index (χ2v) is 9.70. The van der Waals surface area contributed by atoms with Gasteiger partial charge in [0.05, 0.1) is 41.6 Å². The number of aromatic nitrogens is 2. The van der Waals surface area contributed by atoms with Crippen molar-refractivity contribution >= 4 is 28.7 Å². The fourth-order valence-electron chi connectivity index (χ4n) is 5.41. The molecule has 2 aliphatic heterocycles. The Kier molecular flexibility index (Phi) is 6.07. The third-order valence-corrected chi connectivity index (χ3v) is 7.45. The molecule has 0 spiro atoms. The van der Waals surface area contributed by atoms with Crippen LogP contribution in [0.5, 0.6) is 17.2 Å². The summed E-state index contributed by atoms with van der Waals surface area (Å²) in [6.07, 6.45) is 1.77. The summed E-state index contributed by atoms with van der Waals surface area (Å²) in [5.74, 6) is 1.76. The molecule has 1 saturated heterocycles. The van der Waals surface area contributed by atoms with Gasteiger partial charge in [0.15, 0.2) is 16.6 Å². The van der Waals surface area contributed by atoms with Crippen LogP contribution in [0, 0.1) is 24.0 Å². The molecule has 39 heavy (non-hydrogen) atoms. The predicted molar refractivity (Wildman–Crippen MR) is 149 cm³/mol. The molecule has 0 amide bonds. The molecule has 0 bridgehead atoms. The number of non-ortho nitro benzene ring substituents is 1. The Balaban J connectivity index is 1.51. The van der Waals surface area contributed by atoms with Crippen LogP contribution in [0.4, 0.5) is 11.4 Å². The van der Waals surface area contributed by atoms with Crippen molar-refractivity contribution in [1.29, 1.82) is 0 Å². The minimum Gasteiger partial charge on any atom is -0.494 e. The summed E-state index contributed by atoms with van der Waals surface area (Å²) >= 11 is 5.88. The second-order valence-electron chi connectivity index (χ2n) is 9.31. The van der Waals surface area contributed by atoms with Gasteiger partial charge in [-0.1, -0.05) is 6.07 Å². The normalized spacial score (nSPS) is 17.8. The number of ether oxygens (including phenoxy) is 3. The van der Waals surface area contributed by atoms with Crippen molar-refractivity contribution in [1.82, 2.24) is 14.9 Å². The monoisotopic (exact) mass is 543 g/mol. The van der Waals surface area contributed by atoms with E-state index in [4.69, 9.17) is 26.4 Å². The zero-order chi connectivity index (χ0) is 27.3. The zero-order valence-electron chi connectivity index (χ0n) is 21.5. The van der Waals surface area contributed by atoms with Crippen molar-refractivity contribution in [2.75, 3.05) is 18.8 Å². The summed E-state index contributed by atoms with van der Waals surface area (Å²) in [7, 11) is 1.51. The van der Waals surface area contributed by atoms with Crippen molar-refractivity contribution in [2.24, 2.45) is 0 Å². The summed E-state index contributed by atoms with van der Waals surface area (Å²) < 4.78 is 18.8. The van der Waals surface area contributed by atoms with Crippen LogP contribution < -0.4 is 24.4 Å². The Morgan fingerprint density at radius 2 is 1.92 bits per heavy atom. The zero-order valence-corrected chi connectivity index (χ0v) is 22.3. The molecular formula is C28H25N5O5S. The van der Waals surface area contributed by atoms with Gasteiger partial charge in [0, 0.05) is 35.4 Å². The van der Waals surface area contributed by atoms with Crippen LogP contribution in [0.1, 0.15) is 34.7 Å². The maximum absolute atomic E-state index is 11.4. The Morgan fingerprint density at radius 1 is 1.10 bits per heavy atom. The predicted octanol–water partition coefficient (Wildman–Crippen LogP) is 5.31. The minimum absolute atomic E-state index is 0.0344. The van der Waals surface area contributed by atoms with Crippen molar-refractivity contribution in [3.8, 4) is 22.9 Å². The molecule has 0 unspecified atom stereocenters. The van der Waals surface area contributed by atoms with Gasteiger partial charge in [-0.15, -0.1) is 0 Å². The van der Waals surface area contributed by atoms with E-state index in [1.54, 1.807) is 12.3 Å². The van der Waals surface area contributed by atoms with Gasteiger partial charge in [-0.3, -0.25) is 15.1 Å². The van der Waals surface area contributed by atoms with Crippen LogP contribution in [0.25, 0.3) is 5.69 Å². The van der Waals surface area contributed by atoms with E-state index >= 15 is 0 Å². The molecule has 4 heterocycles. The molecule has 2 aliphatic rings. The van der Waals surface area contributed by atoms with Crippen LogP contribution >= 0.6 is 12.2 Å². The van der Waals surface area contributed by atoms with Crippen molar-refractivity contribution in [3.05, 3.63) is 99.6 Å². The maximum Gasteiger partial charge on any atom is 0.273 e. The molecule has 11 heteroatoms. The lowest BCUT2D eigenvalue weighted by molar-refractivity contribution is -0.384. The summed E-state index contributed by atoms with van der Waals surface area (Å²) in [5, 5.41) is 15.4. The molecule has 2 aromatic heterocycles.